The summed E-state index contributed by atoms with van der Waals surface area (Å²) in [7, 11) is 0. The molecule has 4 heteroatoms. The van der Waals surface area contributed by atoms with Crippen molar-refractivity contribution in [2.45, 2.75) is 13.8 Å². The zero-order chi connectivity index (χ0) is 12.6. The molecule has 0 aliphatic carbocycles. The SMILES string of the molecule is Cc1cc(C(=O)c2cc(F)cc(Br)c2)c(C)o1. The van der Waals surface area contributed by atoms with Crippen LogP contribution in [0.3, 0.4) is 0 Å². The second-order valence-electron chi connectivity index (χ2n) is 3.81. The van der Waals surface area contributed by atoms with Gasteiger partial charge in [-0.05, 0) is 38.1 Å². The zero-order valence-electron chi connectivity index (χ0n) is 9.38. The van der Waals surface area contributed by atoms with Crippen LogP contribution in [0.2, 0.25) is 0 Å². The molecular formula is C13H10BrFO2. The average Bonchev–Trinajstić information content (AvgIpc) is 2.55. The number of benzene rings is 1. The lowest BCUT2D eigenvalue weighted by molar-refractivity contribution is 0.103. The molecule has 0 N–H and O–H groups in total. The van der Waals surface area contributed by atoms with Crippen LogP contribution in [-0.2, 0) is 0 Å². The Labute approximate surface area is 107 Å². The van der Waals surface area contributed by atoms with Crippen molar-refractivity contribution in [2.24, 2.45) is 0 Å². The molecule has 0 bridgehead atoms. The third kappa shape index (κ3) is 2.47. The molecule has 0 saturated carbocycles. The van der Waals surface area contributed by atoms with Gasteiger partial charge in [-0.3, -0.25) is 4.79 Å². The minimum Gasteiger partial charge on any atom is -0.466 e. The normalized spacial score (nSPS) is 10.6. The number of hydrogen-bond acceptors (Lipinski definition) is 2. The van der Waals surface area contributed by atoms with E-state index in [0.717, 1.165) is 0 Å². The van der Waals surface area contributed by atoms with E-state index in [9.17, 15) is 9.18 Å². The molecule has 2 aromatic rings. The van der Waals surface area contributed by atoms with E-state index in [4.69, 9.17) is 4.42 Å². The third-order valence-electron chi connectivity index (χ3n) is 2.41. The highest BCUT2D eigenvalue weighted by molar-refractivity contribution is 9.10. The summed E-state index contributed by atoms with van der Waals surface area (Å²) in [5.41, 5.74) is 0.778. The summed E-state index contributed by atoms with van der Waals surface area (Å²) in [6.07, 6.45) is 0. The van der Waals surface area contributed by atoms with E-state index in [1.807, 2.05) is 0 Å². The molecule has 0 atom stereocenters. The van der Waals surface area contributed by atoms with Gasteiger partial charge in [0.15, 0.2) is 5.78 Å². The minimum absolute atomic E-state index is 0.237. The van der Waals surface area contributed by atoms with E-state index < -0.39 is 5.82 Å². The number of carbonyl (C=O) groups is 1. The van der Waals surface area contributed by atoms with Crippen molar-refractivity contribution in [3.05, 3.63) is 57.2 Å². The molecule has 2 nitrogen and oxygen atoms in total. The van der Waals surface area contributed by atoms with E-state index >= 15 is 0 Å². The molecule has 2 rings (SSSR count). The summed E-state index contributed by atoms with van der Waals surface area (Å²) in [5, 5.41) is 0. The Balaban J connectivity index is 2.47. The van der Waals surface area contributed by atoms with Crippen LogP contribution < -0.4 is 0 Å². The first-order valence-electron chi connectivity index (χ1n) is 5.05. The Kier molecular flexibility index (Phi) is 3.15. The molecule has 1 aromatic heterocycles. The maximum Gasteiger partial charge on any atom is 0.196 e. The van der Waals surface area contributed by atoms with Crippen molar-refractivity contribution in [3.8, 4) is 0 Å². The summed E-state index contributed by atoms with van der Waals surface area (Å²) in [6.45, 7) is 3.49. The number of furan rings is 1. The highest BCUT2D eigenvalue weighted by Gasteiger charge is 2.16. The van der Waals surface area contributed by atoms with E-state index in [1.165, 1.54) is 12.1 Å². The average molecular weight is 297 g/mol. The smallest absolute Gasteiger partial charge is 0.196 e. The lowest BCUT2D eigenvalue weighted by Crippen LogP contribution is -2.02. The Bertz CT molecular complexity index is 567. The van der Waals surface area contributed by atoms with Crippen LogP contribution >= 0.6 is 15.9 Å². The number of rotatable bonds is 2. The van der Waals surface area contributed by atoms with Gasteiger partial charge in [-0.15, -0.1) is 0 Å². The van der Waals surface area contributed by atoms with Crippen molar-refractivity contribution >= 4 is 21.7 Å². The fourth-order valence-corrected chi connectivity index (χ4v) is 2.16. The number of halogens is 2. The van der Waals surface area contributed by atoms with Gasteiger partial charge in [-0.25, -0.2) is 4.39 Å². The molecular weight excluding hydrogens is 287 g/mol. The summed E-state index contributed by atoms with van der Waals surface area (Å²) in [5.74, 6) is 0.536. The van der Waals surface area contributed by atoms with Gasteiger partial charge in [0.05, 0.1) is 5.56 Å². The summed E-state index contributed by atoms with van der Waals surface area (Å²) in [4.78, 5) is 12.1. The standard InChI is InChI=1S/C13H10BrFO2/c1-7-3-12(8(2)17-7)13(16)9-4-10(14)6-11(15)5-9/h3-6H,1-2H3. The van der Waals surface area contributed by atoms with E-state index in [0.29, 0.717) is 27.1 Å². The Morgan fingerprint density at radius 1 is 1.24 bits per heavy atom. The predicted octanol–water partition coefficient (Wildman–Crippen LogP) is 4.03. The van der Waals surface area contributed by atoms with Gasteiger partial charge >= 0.3 is 0 Å². The first kappa shape index (κ1) is 12.0. The first-order chi connectivity index (χ1) is 7.97. The molecule has 0 fully saturated rings. The van der Waals surface area contributed by atoms with Gasteiger partial charge in [-0.1, -0.05) is 15.9 Å². The molecule has 0 radical (unpaired) electrons. The summed E-state index contributed by atoms with van der Waals surface area (Å²) < 4.78 is 19.0. The highest BCUT2D eigenvalue weighted by Crippen LogP contribution is 2.21. The molecule has 1 heterocycles. The van der Waals surface area contributed by atoms with Crippen LogP contribution in [-0.4, -0.2) is 5.78 Å². The second kappa shape index (κ2) is 4.45. The molecule has 1 aromatic carbocycles. The van der Waals surface area contributed by atoms with Gasteiger partial charge in [0.25, 0.3) is 0 Å². The van der Waals surface area contributed by atoms with Crippen LogP contribution in [0.25, 0.3) is 0 Å². The third-order valence-corrected chi connectivity index (χ3v) is 2.87. The number of aryl methyl sites for hydroxylation is 2. The topological polar surface area (TPSA) is 30.2 Å². The van der Waals surface area contributed by atoms with Crippen molar-refractivity contribution < 1.29 is 13.6 Å². The molecule has 0 aliphatic rings. The van der Waals surface area contributed by atoms with E-state index in [2.05, 4.69) is 15.9 Å². The molecule has 17 heavy (non-hydrogen) atoms. The molecule has 0 amide bonds. The van der Waals surface area contributed by atoms with E-state index in [-0.39, 0.29) is 5.78 Å². The Morgan fingerprint density at radius 2 is 1.94 bits per heavy atom. The quantitative estimate of drug-likeness (QED) is 0.783. The van der Waals surface area contributed by atoms with Gasteiger partial charge in [0, 0.05) is 10.0 Å². The fraction of sp³-hybridized carbons (Fsp3) is 0.154. The van der Waals surface area contributed by atoms with Crippen LogP contribution in [0.5, 0.6) is 0 Å². The van der Waals surface area contributed by atoms with Gasteiger partial charge in [0.1, 0.15) is 17.3 Å². The van der Waals surface area contributed by atoms with Crippen LogP contribution in [0.4, 0.5) is 4.39 Å². The lowest BCUT2D eigenvalue weighted by atomic mass is 10.0. The fourth-order valence-electron chi connectivity index (χ4n) is 1.70. The van der Waals surface area contributed by atoms with Gasteiger partial charge in [0.2, 0.25) is 0 Å². The van der Waals surface area contributed by atoms with Gasteiger partial charge in [-0.2, -0.15) is 0 Å². The summed E-state index contributed by atoms with van der Waals surface area (Å²) in [6, 6.07) is 5.78. The van der Waals surface area contributed by atoms with Crippen molar-refractivity contribution in [2.75, 3.05) is 0 Å². The molecule has 0 saturated heterocycles. The second-order valence-corrected chi connectivity index (χ2v) is 4.73. The maximum absolute atomic E-state index is 13.2. The Hall–Kier alpha value is -1.42. The van der Waals surface area contributed by atoms with Crippen LogP contribution in [0, 0.1) is 19.7 Å². The molecule has 0 unspecified atom stereocenters. The molecule has 0 aliphatic heterocycles. The largest absolute Gasteiger partial charge is 0.466 e. The maximum atomic E-state index is 13.2. The van der Waals surface area contributed by atoms with Crippen molar-refractivity contribution in [3.63, 3.8) is 0 Å². The molecule has 0 spiro atoms. The first-order valence-corrected chi connectivity index (χ1v) is 5.84. The predicted molar refractivity (Wildman–Crippen MR) is 65.7 cm³/mol. The van der Waals surface area contributed by atoms with Crippen LogP contribution in [0.1, 0.15) is 27.4 Å². The highest BCUT2D eigenvalue weighted by atomic mass is 79.9. The Morgan fingerprint density at radius 3 is 2.47 bits per heavy atom. The monoisotopic (exact) mass is 296 g/mol. The lowest BCUT2D eigenvalue weighted by Gasteiger charge is -2.01. The number of carbonyl (C=O) groups excluding carboxylic acids is 1. The number of ketones is 1. The van der Waals surface area contributed by atoms with Crippen molar-refractivity contribution in [1.29, 1.82) is 0 Å². The van der Waals surface area contributed by atoms with Crippen molar-refractivity contribution in [1.82, 2.24) is 0 Å². The van der Waals surface area contributed by atoms with E-state index in [1.54, 1.807) is 26.0 Å². The zero-order valence-corrected chi connectivity index (χ0v) is 11.0. The summed E-state index contributed by atoms with van der Waals surface area (Å²) >= 11 is 3.16. The van der Waals surface area contributed by atoms with Crippen LogP contribution in [0.15, 0.2) is 33.2 Å². The van der Waals surface area contributed by atoms with Gasteiger partial charge < -0.3 is 4.42 Å². The molecule has 88 valence electrons. The minimum atomic E-state index is -0.444. The number of hydrogen-bond donors (Lipinski definition) is 0.